The van der Waals surface area contributed by atoms with Gasteiger partial charge in [0.2, 0.25) is 0 Å². The molecule has 4 heteroatoms. The minimum absolute atomic E-state index is 0.126. The van der Waals surface area contributed by atoms with Gasteiger partial charge in [0.25, 0.3) is 0 Å². The van der Waals surface area contributed by atoms with Crippen LogP contribution in [0.25, 0.3) is 0 Å². The van der Waals surface area contributed by atoms with Crippen molar-refractivity contribution < 1.29 is 9.47 Å². The third-order valence-electron chi connectivity index (χ3n) is 1.60. The van der Waals surface area contributed by atoms with Gasteiger partial charge in [-0.05, 0) is 41.9 Å². The van der Waals surface area contributed by atoms with Gasteiger partial charge in [-0.1, -0.05) is 0 Å². The van der Waals surface area contributed by atoms with E-state index in [9.17, 15) is 0 Å². The summed E-state index contributed by atoms with van der Waals surface area (Å²) in [6.45, 7) is 3.95. The molecule has 0 unspecified atom stereocenters. The zero-order chi connectivity index (χ0) is 10.7. The van der Waals surface area contributed by atoms with Crippen molar-refractivity contribution in [3.8, 4) is 11.5 Å². The second-order valence-electron chi connectivity index (χ2n) is 3.12. The fourth-order valence-corrected chi connectivity index (χ4v) is 1.53. The van der Waals surface area contributed by atoms with E-state index in [0.717, 1.165) is 15.1 Å². The number of thiol groups is 1. The monoisotopic (exact) mass is 276 g/mol. The lowest BCUT2D eigenvalue weighted by Crippen LogP contribution is -2.06. The first kappa shape index (κ1) is 11.7. The topological polar surface area (TPSA) is 18.5 Å². The molecule has 0 atom stereocenters. The predicted molar refractivity (Wildman–Crippen MR) is 63.7 cm³/mol. The van der Waals surface area contributed by atoms with Crippen molar-refractivity contribution >= 4 is 28.6 Å². The summed E-state index contributed by atoms with van der Waals surface area (Å²) in [6, 6.07) is 3.69. The predicted octanol–water partition coefficient (Wildman–Crippen LogP) is 3.53. The number of benzene rings is 1. The zero-order valence-electron chi connectivity index (χ0n) is 8.37. The van der Waals surface area contributed by atoms with Gasteiger partial charge >= 0.3 is 0 Å². The molecule has 14 heavy (non-hydrogen) atoms. The Bertz CT molecular complexity index is 326. The van der Waals surface area contributed by atoms with E-state index in [0.29, 0.717) is 5.75 Å². The smallest absolute Gasteiger partial charge is 0.162 e. The Kier molecular flexibility index (Phi) is 4.13. The third kappa shape index (κ3) is 2.82. The zero-order valence-corrected chi connectivity index (χ0v) is 10.9. The third-order valence-corrected chi connectivity index (χ3v) is 2.93. The van der Waals surface area contributed by atoms with Crippen LogP contribution in [0.2, 0.25) is 0 Å². The van der Waals surface area contributed by atoms with E-state index in [1.807, 2.05) is 26.0 Å². The largest absolute Gasteiger partial charge is 0.493 e. The van der Waals surface area contributed by atoms with Crippen LogP contribution in [0.15, 0.2) is 21.5 Å². The van der Waals surface area contributed by atoms with Crippen molar-refractivity contribution in [2.75, 3.05) is 7.11 Å². The van der Waals surface area contributed by atoms with E-state index in [-0.39, 0.29) is 6.10 Å². The highest BCUT2D eigenvalue weighted by Crippen LogP contribution is 2.35. The standard InChI is InChI=1S/C10H13BrO2S/c1-6(2)13-9-4-7(11)10(14)5-8(9)12-3/h4-6,14H,1-3H3. The van der Waals surface area contributed by atoms with Crippen LogP contribution in [0.5, 0.6) is 11.5 Å². The lowest BCUT2D eigenvalue weighted by Gasteiger charge is -2.14. The minimum atomic E-state index is 0.126. The molecule has 0 aliphatic carbocycles. The molecule has 0 aliphatic heterocycles. The van der Waals surface area contributed by atoms with Gasteiger partial charge in [-0.25, -0.2) is 0 Å². The maximum absolute atomic E-state index is 5.58. The average Bonchev–Trinajstić information content (AvgIpc) is 2.10. The summed E-state index contributed by atoms with van der Waals surface area (Å²) < 4.78 is 11.7. The molecule has 0 saturated carbocycles. The van der Waals surface area contributed by atoms with Gasteiger partial charge in [-0.2, -0.15) is 0 Å². The average molecular weight is 277 g/mol. The first-order valence-electron chi connectivity index (χ1n) is 4.27. The van der Waals surface area contributed by atoms with Crippen LogP contribution in [-0.2, 0) is 0 Å². The van der Waals surface area contributed by atoms with E-state index < -0.39 is 0 Å². The highest BCUT2D eigenvalue weighted by atomic mass is 79.9. The minimum Gasteiger partial charge on any atom is -0.493 e. The molecule has 1 aromatic rings. The van der Waals surface area contributed by atoms with Gasteiger partial charge in [-0.15, -0.1) is 12.6 Å². The quantitative estimate of drug-likeness (QED) is 0.852. The van der Waals surface area contributed by atoms with E-state index >= 15 is 0 Å². The molecular formula is C10H13BrO2S. The summed E-state index contributed by atoms with van der Waals surface area (Å²) in [5.41, 5.74) is 0. The molecule has 1 rings (SSSR count). The van der Waals surface area contributed by atoms with Gasteiger partial charge in [0, 0.05) is 9.37 Å². The van der Waals surface area contributed by atoms with E-state index in [4.69, 9.17) is 9.47 Å². The van der Waals surface area contributed by atoms with Crippen molar-refractivity contribution in [2.45, 2.75) is 24.8 Å². The van der Waals surface area contributed by atoms with Gasteiger partial charge in [-0.3, -0.25) is 0 Å². The molecule has 1 aromatic carbocycles. The highest BCUT2D eigenvalue weighted by Gasteiger charge is 2.09. The summed E-state index contributed by atoms with van der Waals surface area (Å²) >= 11 is 7.66. The lowest BCUT2D eigenvalue weighted by molar-refractivity contribution is 0.229. The Hall–Kier alpha value is -0.350. The van der Waals surface area contributed by atoms with Crippen molar-refractivity contribution in [1.82, 2.24) is 0 Å². The second-order valence-corrected chi connectivity index (χ2v) is 4.46. The van der Waals surface area contributed by atoms with E-state index in [1.54, 1.807) is 7.11 Å². The highest BCUT2D eigenvalue weighted by molar-refractivity contribution is 9.10. The van der Waals surface area contributed by atoms with Crippen LogP contribution in [0.1, 0.15) is 13.8 Å². The Morgan fingerprint density at radius 3 is 2.43 bits per heavy atom. The molecule has 78 valence electrons. The molecule has 0 N–H and O–H groups in total. The fourth-order valence-electron chi connectivity index (χ4n) is 1.03. The van der Waals surface area contributed by atoms with Crippen LogP contribution >= 0.6 is 28.6 Å². The van der Waals surface area contributed by atoms with Crippen molar-refractivity contribution in [1.29, 1.82) is 0 Å². The summed E-state index contributed by atoms with van der Waals surface area (Å²) in [7, 11) is 1.61. The molecule has 2 nitrogen and oxygen atoms in total. The first-order chi connectivity index (χ1) is 6.54. The SMILES string of the molecule is COc1cc(S)c(Br)cc1OC(C)C. The molecule has 0 radical (unpaired) electrons. The normalized spacial score (nSPS) is 10.4. The number of hydrogen-bond donors (Lipinski definition) is 1. The summed E-state index contributed by atoms with van der Waals surface area (Å²) in [4.78, 5) is 0.831. The molecule has 0 bridgehead atoms. The van der Waals surface area contributed by atoms with Crippen molar-refractivity contribution in [3.63, 3.8) is 0 Å². The molecule has 0 aliphatic rings. The van der Waals surface area contributed by atoms with E-state index in [1.165, 1.54) is 0 Å². The Labute approximate surface area is 98.1 Å². The molecule has 0 amide bonds. The van der Waals surface area contributed by atoms with Gasteiger partial charge < -0.3 is 9.47 Å². The van der Waals surface area contributed by atoms with Crippen LogP contribution in [0.3, 0.4) is 0 Å². The summed E-state index contributed by atoms with van der Waals surface area (Å²) in [5, 5.41) is 0. The lowest BCUT2D eigenvalue weighted by atomic mass is 10.3. The Morgan fingerprint density at radius 1 is 1.29 bits per heavy atom. The van der Waals surface area contributed by atoms with Gasteiger partial charge in [0.05, 0.1) is 13.2 Å². The number of ether oxygens (including phenoxy) is 2. The van der Waals surface area contributed by atoms with Crippen LogP contribution < -0.4 is 9.47 Å². The fraction of sp³-hybridized carbons (Fsp3) is 0.400. The molecular weight excluding hydrogens is 264 g/mol. The van der Waals surface area contributed by atoms with Crippen molar-refractivity contribution in [3.05, 3.63) is 16.6 Å². The molecule has 0 heterocycles. The number of rotatable bonds is 3. The number of hydrogen-bond acceptors (Lipinski definition) is 3. The molecule has 0 spiro atoms. The molecule has 0 aromatic heterocycles. The Balaban J connectivity index is 3.07. The van der Waals surface area contributed by atoms with Crippen LogP contribution in [0.4, 0.5) is 0 Å². The van der Waals surface area contributed by atoms with Crippen molar-refractivity contribution in [2.24, 2.45) is 0 Å². The van der Waals surface area contributed by atoms with Gasteiger partial charge in [0.15, 0.2) is 11.5 Å². The number of halogens is 1. The van der Waals surface area contributed by atoms with Crippen LogP contribution in [0, 0.1) is 0 Å². The maximum atomic E-state index is 5.58. The molecule has 0 saturated heterocycles. The van der Waals surface area contributed by atoms with Crippen LogP contribution in [-0.4, -0.2) is 13.2 Å². The second kappa shape index (κ2) is 4.94. The summed E-state index contributed by atoms with van der Waals surface area (Å²) in [5.74, 6) is 1.43. The summed E-state index contributed by atoms with van der Waals surface area (Å²) in [6.07, 6.45) is 0.126. The first-order valence-corrected chi connectivity index (χ1v) is 5.51. The molecule has 0 fully saturated rings. The Morgan fingerprint density at radius 2 is 1.93 bits per heavy atom. The maximum Gasteiger partial charge on any atom is 0.162 e. The van der Waals surface area contributed by atoms with E-state index in [2.05, 4.69) is 28.6 Å². The number of methoxy groups -OCH3 is 1. The van der Waals surface area contributed by atoms with Gasteiger partial charge in [0.1, 0.15) is 0 Å².